The lowest BCUT2D eigenvalue weighted by Crippen LogP contribution is -2.21. The summed E-state index contributed by atoms with van der Waals surface area (Å²) in [7, 11) is 0. The van der Waals surface area contributed by atoms with E-state index in [9.17, 15) is 13.2 Å². The zero-order chi connectivity index (χ0) is 14.6. The van der Waals surface area contributed by atoms with Crippen molar-refractivity contribution in [1.82, 2.24) is 0 Å². The zero-order valence-corrected chi connectivity index (χ0v) is 11.5. The lowest BCUT2D eigenvalue weighted by molar-refractivity contribution is -0.274. The van der Waals surface area contributed by atoms with E-state index < -0.39 is 6.36 Å². The third-order valence-corrected chi connectivity index (χ3v) is 3.83. The highest BCUT2D eigenvalue weighted by molar-refractivity contribution is 5.56. The third kappa shape index (κ3) is 4.62. The molecule has 0 saturated heterocycles. The fourth-order valence-electron chi connectivity index (χ4n) is 2.61. The van der Waals surface area contributed by atoms with Crippen molar-refractivity contribution >= 4 is 5.69 Å². The van der Waals surface area contributed by atoms with E-state index in [1.807, 2.05) is 0 Å². The molecule has 0 radical (unpaired) electrons. The number of ether oxygens (including phenoxy) is 1. The predicted octanol–water partition coefficient (Wildman–Crippen LogP) is 4.82. The maximum atomic E-state index is 12.3. The van der Waals surface area contributed by atoms with Crippen molar-refractivity contribution in [2.75, 3.05) is 11.9 Å². The molecule has 0 heterocycles. The van der Waals surface area contributed by atoms with Gasteiger partial charge in [0.05, 0.1) is 5.69 Å². The van der Waals surface area contributed by atoms with E-state index in [0.29, 0.717) is 18.2 Å². The minimum absolute atomic E-state index is 0.163. The fourth-order valence-corrected chi connectivity index (χ4v) is 2.61. The topological polar surface area (TPSA) is 21.3 Å². The summed E-state index contributed by atoms with van der Waals surface area (Å²) in [6, 6.07) is 6.19. The summed E-state index contributed by atoms with van der Waals surface area (Å²) < 4.78 is 41.0. The summed E-state index contributed by atoms with van der Waals surface area (Å²) in [6.07, 6.45) is 0.0189. The van der Waals surface area contributed by atoms with Crippen LogP contribution in [0.1, 0.15) is 32.6 Å². The van der Waals surface area contributed by atoms with Crippen LogP contribution >= 0.6 is 0 Å². The molecule has 1 aromatic rings. The number of benzene rings is 1. The van der Waals surface area contributed by atoms with Gasteiger partial charge in [0.2, 0.25) is 0 Å². The summed E-state index contributed by atoms with van der Waals surface area (Å²) >= 11 is 0. The van der Waals surface area contributed by atoms with Crippen molar-refractivity contribution in [1.29, 1.82) is 0 Å². The molecule has 5 heteroatoms. The molecule has 1 fully saturated rings. The van der Waals surface area contributed by atoms with Gasteiger partial charge in [-0.05, 0) is 36.8 Å². The Morgan fingerprint density at radius 3 is 2.45 bits per heavy atom. The van der Waals surface area contributed by atoms with Crippen molar-refractivity contribution in [3.8, 4) is 5.75 Å². The smallest absolute Gasteiger partial charge is 0.404 e. The molecule has 1 saturated carbocycles. The van der Waals surface area contributed by atoms with Gasteiger partial charge >= 0.3 is 6.36 Å². The number of nitrogens with one attached hydrogen (secondary N) is 1. The summed E-state index contributed by atoms with van der Waals surface area (Å²) in [5, 5.41) is 3.10. The predicted molar refractivity (Wildman–Crippen MR) is 72.7 cm³/mol. The molecule has 20 heavy (non-hydrogen) atoms. The molecule has 0 bridgehead atoms. The molecule has 1 aliphatic rings. The number of halogens is 3. The van der Waals surface area contributed by atoms with Gasteiger partial charge in [0.25, 0.3) is 0 Å². The maximum absolute atomic E-state index is 12.3. The van der Waals surface area contributed by atoms with Crippen molar-refractivity contribution in [2.45, 2.75) is 39.0 Å². The first-order chi connectivity index (χ1) is 9.44. The van der Waals surface area contributed by atoms with Crippen LogP contribution in [0.25, 0.3) is 0 Å². The van der Waals surface area contributed by atoms with E-state index in [2.05, 4.69) is 17.0 Å². The van der Waals surface area contributed by atoms with E-state index in [1.165, 1.54) is 25.0 Å². The van der Waals surface area contributed by atoms with Crippen molar-refractivity contribution in [3.05, 3.63) is 24.3 Å². The van der Waals surface area contributed by atoms with E-state index in [4.69, 9.17) is 0 Å². The number of rotatable bonds is 4. The van der Waals surface area contributed by atoms with Gasteiger partial charge in [0, 0.05) is 6.54 Å². The molecule has 112 valence electrons. The maximum Gasteiger partial charge on any atom is 0.573 e. The van der Waals surface area contributed by atoms with E-state index in [-0.39, 0.29) is 5.75 Å². The minimum Gasteiger partial charge on any atom is -0.404 e. The van der Waals surface area contributed by atoms with Crippen molar-refractivity contribution < 1.29 is 17.9 Å². The van der Waals surface area contributed by atoms with Crippen LogP contribution in [0, 0.1) is 11.8 Å². The molecule has 1 aliphatic carbocycles. The second-order valence-corrected chi connectivity index (χ2v) is 5.55. The molecule has 0 aliphatic heterocycles. The van der Waals surface area contributed by atoms with Crippen LogP contribution in [0.15, 0.2) is 24.3 Å². The van der Waals surface area contributed by atoms with Crippen LogP contribution in [0.4, 0.5) is 18.9 Å². The Hall–Kier alpha value is -1.39. The van der Waals surface area contributed by atoms with Crippen LogP contribution < -0.4 is 10.1 Å². The van der Waals surface area contributed by atoms with Gasteiger partial charge in [-0.2, -0.15) is 0 Å². The van der Waals surface area contributed by atoms with Crippen molar-refractivity contribution in [3.63, 3.8) is 0 Å². The quantitative estimate of drug-likeness (QED) is 0.857. The Balaban J connectivity index is 1.92. The Kier molecular flexibility index (Phi) is 4.78. The molecule has 2 nitrogen and oxygen atoms in total. The number of hydrogen-bond donors (Lipinski definition) is 1. The van der Waals surface area contributed by atoms with E-state index in [0.717, 1.165) is 18.8 Å². The monoisotopic (exact) mass is 287 g/mol. The summed E-state index contributed by atoms with van der Waals surface area (Å²) in [5.41, 5.74) is 0.406. The first-order valence-corrected chi connectivity index (χ1v) is 7.02. The number of para-hydroxylation sites is 2. The first kappa shape index (κ1) is 15.0. The highest BCUT2D eigenvalue weighted by atomic mass is 19.4. The molecule has 1 aromatic carbocycles. The average molecular weight is 287 g/mol. The molecule has 0 unspecified atom stereocenters. The molecule has 2 rings (SSSR count). The van der Waals surface area contributed by atoms with Crippen molar-refractivity contribution in [2.24, 2.45) is 11.8 Å². The fraction of sp³-hybridized carbons (Fsp3) is 0.600. The van der Waals surface area contributed by atoms with Crippen LogP contribution in [0.3, 0.4) is 0 Å². The van der Waals surface area contributed by atoms with Crippen LogP contribution in [0.5, 0.6) is 5.75 Å². The second kappa shape index (κ2) is 6.37. The Bertz CT molecular complexity index is 425. The zero-order valence-electron chi connectivity index (χ0n) is 11.5. The number of hydrogen-bond acceptors (Lipinski definition) is 2. The minimum atomic E-state index is -4.65. The Morgan fingerprint density at radius 1 is 1.15 bits per heavy atom. The SMILES string of the molecule is CC1CCC(CNc2ccccc2OC(F)(F)F)CC1. The van der Waals surface area contributed by atoms with E-state index >= 15 is 0 Å². The largest absolute Gasteiger partial charge is 0.573 e. The lowest BCUT2D eigenvalue weighted by Gasteiger charge is -2.27. The molecular weight excluding hydrogens is 267 g/mol. The highest BCUT2D eigenvalue weighted by Crippen LogP contribution is 2.32. The van der Waals surface area contributed by atoms with Crippen LogP contribution in [-0.2, 0) is 0 Å². The van der Waals surface area contributed by atoms with Crippen LogP contribution in [0.2, 0.25) is 0 Å². The third-order valence-electron chi connectivity index (χ3n) is 3.83. The molecule has 0 spiro atoms. The summed E-state index contributed by atoms with van der Waals surface area (Å²) in [5.74, 6) is 1.14. The molecule has 0 aromatic heterocycles. The molecule has 0 amide bonds. The summed E-state index contributed by atoms with van der Waals surface area (Å²) in [6.45, 7) is 2.95. The van der Waals surface area contributed by atoms with Gasteiger partial charge in [0.15, 0.2) is 5.75 Å². The van der Waals surface area contributed by atoms with Gasteiger partial charge in [-0.3, -0.25) is 0 Å². The van der Waals surface area contributed by atoms with Gasteiger partial charge in [-0.25, -0.2) is 0 Å². The van der Waals surface area contributed by atoms with Gasteiger partial charge in [0.1, 0.15) is 0 Å². The van der Waals surface area contributed by atoms with E-state index in [1.54, 1.807) is 12.1 Å². The normalized spacial score (nSPS) is 23.4. The van der Waals surface area contributed by atoms with Gasteiger partial charge < -0.3 is 10.1 Å². The summed E-state index contributed by atoms with van der Waals surface area (Å²) in [4.78, 5) is 0. The Morgan fingerprint density at radius 2 is 1.80 bits per heavy atom. The molecule has 1 N–H and O–H groups in total. The lowest BCUT2D eigenvalue weighted by atomic mass is 9.83. The Labute approximate surface area is 117 Å². The molecule has 0 atom stereocenters. The number of anilines is 1. The van der Waals surface area contributed by atoms with Crippen LogP contribution in [-0.4, -0.2) is 12.9 Å². The second-order valence-electron chi connectivity index (χ2n) is 5.55. The highest BCUT2D eigenvalue weighted by Gasteiger charge is 2.32. The number of alkyl halides is 3. The van der Waals surface area contributed by atoms with Gasteiger partial charge in [-0.15, -0.1) is 13.2 Å². The molecular formula is C15H20F3NO. The standard InChI is InChI=1S/C15H20F3NO/c1-11-6-8-12(9-7-11)10-19-13-4-2-3-5-14(13)20-15(16,17)18/h2-5,11-12,19H,6-10H2,1H3. The van der Waals surface area contributed by atoms with Gasteiger partial charge in [-0.1, -0.05) is 31.9 Å². The average Bonchev–Trinajstić information content (AvgIpc) is 2.38. The first-order valence-electron chi connectivity index (χ1n) is 7.02.